The maximum atomic E-state index is 12.6. The average molecular weight is 451 g/mol. The van der Waals surface area contributed by atoms with Crippen molar-refractivity contribution in [2.75, 3.05) is 23.4 Å². The van der Waals surface area contributed by atoms with Crippen molar-refractivity contribution < 1.29 is 14.3 Å². The number of rotatable bonds is 8. The Hall–Kier alpha value is -3.26. The molecule has 2 amide bonds. The minimum absolute atomic E-state index is 0.0225. The first-order valence-electron chi connectivity index (χ1n) is 10.7. The van der Waals surface area contributed by atoms with Gasteiger partial charge in [-0.1, -0.05) is 35.6 Å². The second-order valence-corrected chi connectivity index (χ2v) is 9.02. The molecule has 0 radical (unpaired) electrons. The van der Waals surface area contributed by atoms with Crippen LogP contribution in [0.15, 0.2) is 48.5 Å². The van der Waals surface area contributed by atoms with E-state index in [0.29, 0.717) is 37.5 Å². The molecule has 32 heavy (non-hydrogen) atoms. The molecule has 166 valence electrons. The van der Waals surface area contributed by atoms with Crippen LogP contribution in [0.5, 0.6) is 5.75 Å². The number of aromatic nitrogens is 2. The van der Waals surface area contributed by atoms with E-state index >= 15 is 0 Å². The molecular weight excluding hydrogens is 424 g/mol. The van der Waals surface area contributed by atoms with E-state index in [4.69, 9.17) is 4.74 Å². The first-order valence-corrected chi connectivity index (χ1v) is 11.5. The van der Waals surface area contributed by atoms with Crippen LogP contribution >= 0.6 is 11.3 Å². The lowest BCUT2D eigenvalue weighted by atomic mass is 10.1. The van der Waals surface area contributed by atoms with Crippen LogP contribution in [-0.4, -0.2) is 35.2 Å². The highest BCUT2D eigenvalue weighted by Gasteiger charge is 2.34. The monoisotopic (exact) mass is 450 g/mol. The largest absolute Gasteiger partial charge is 0.494 e. The predicted molar refractivity (Wildman–Crippen MR) is 125 cm³/mol. The number of nitrogens with one attached hydrogen (secondary N) is 1. The summed E-state index contributed by atoms with van der Waals surface area (Å²) < 4.78 is 5.61. The van der Waals surface area contributed by atoms with Gasteiger partial charge in [0.1, 0.15) is 10.8 Å². The molecule has 1 aliphatic heterocycles. The summed E-state index contributed by atoms with van der Waals surface area (Å²) in [4.78, 5) is 26.6. The molecule has 4 rings (SSSR count). The van der Waals surface area contributed by atoms with Crippen molar-refractivity contribution in [1.82, 2.24) is 10.2 Å². The minimum Gasteiger partial charge on any atom is -0.494 e. The van der Waals surface area contributed by atoms with E-state index in [-0.39, 0.29) is 17.7 Å². The summed E-state index contributed by atoms with van der Waals surface area (Å²) in [5.74, 6) is 0.733. The quantitative estimate of drug-likeness (QED) is 0.512. The predicted octanol–water partition coefficient (Wildman–Crippen LogP) is 4.47. The fraction of sp³-hybridized carbons (Fsp3) is 0.333. The molecule has 1 aromatic heterocycles. The molecule has 1 N–H and O–H groups in total. The van der Waals surface area contributed by atoms with Gasteiger partial charge in [0.15, 0.2) is 0 Å². The van der Waals surface area contributed by atoms with E-state index in [1.165, 1.54) is 11.3 Å². The molecule has 1 unspecified atom stereocenters. The molecular formula is C24H26N4O3S. The zero-order valence-electron chi connectivity index (χ0n) is 18.2. The Morgan fingerprint density at radius 2 is 1.91 bits per heavy atom. The summed E-state index contributed by atoms with van der Waals surface area (Å²) in [7, 11) is 0. The van der Waals surface area contributed by atoms with Crippen molar-refractivity contribution in [1.29, 1.82) is 0 Å². The highest BCUT2D eigenvalue weighted by atomic mass is 32.1. The van der Waals surface area contributed by atoms with E-state index in [0.717, 1.165) is 27.6 Å². The Morgan fingerprint density at radius 1 is 1.16 bits per heavy atom. The number of aryl methyl sites for hydroxylation is 2. The number of amides is 2. The molecule has 0 spiro atoms. The third-order valence-corrected chi connectivity index (χ3v) is 6.24. The van der Waals surface area contributed by atoms with Gasteiger partial charge in [-0.2, -0.15) is 0 Å². The summed E-state index contributed by atoms with van der Waals surface area (Å²) in [6.07, 6.45) is 1.34. The number of carbonyl (C=O) groups excluding carboxylic acids is 2. The molecule has 2 aromatic carbocycles. The van der Waals surface area contributed by atoms with Gasteiger partial charge in [-0.25, -0.2) is 0 Å². The Labute approximate surface area is 191 Å². The van der Waals surface area contributed by atoms with Gasteiger partial charge in [-0.05, 0) is 55.7 Å². The molecule has 1 aliphatic rings. The van der Waals surface area contributed by atoms with Gasteiger partial charge in [0.05, 0.1) is 6.61 Å². The summed E-state index contributed by atoms with van der Waals surface area (Å²) in [6, 6.07) is 15.7. The number of carbonyl (C=O) groups is 2. The van der Waals surface area contributed by atoms with Crippen molar-refractivity contribution in [3.63, 3.8) is 0 Å². The topological polar surface area (TPSA) is 84.4 Å². The first-order chi connectivity index (χ1) is 15.5. The zero-order valence-corrected chi connectivity index (χ0v) is 19.0. The lowest BCUT2D eigenvalue weighted by Crippen LogP contribution is -2.24. The van der Waals surface area contributed by atoms with E-state index in [1.807, 2.05) is 61.2 Å². The fourth-order valence-corrected chi connectivity index (χ4v) is 4.65. The average Bonchev–Trinajstić information content (AvgIpc) is 3.38. The van der Waals surface area contributed by atoms with Crippen LogP contribution in [0.4, 0.5) is 10.8 Å². The van der Waals surface area contributed by atoms with E-state index in [1.54, 1.807) is 0 Å². The number of ether oxygens (including phenoxy) is 1. The second kappa shape index (κ2) is 9.91. The van der Waals surface area contributed by atoms with Crippen LogP contribution in [0.3, 0.4) is 0 Å². The fourth-order valence-electron chi connectivity index (χ4n) is 3.80. The van der Waals surface area contributed by atoms with Gasteiger partial charge in [-0.3, -0.25) is 9.59 Å². The molecule has 8 heteroatoms. The lowest BCUT2D eigenvalue weighted by Gasteiger charge is -2.17. The molecule has 0 bridgehead atoms. The molecule has 0 saturated carbocycles. The number of para-hydroxylation sites is 1. The van der Waals surface area contributed by atoms with Gasteiger partial charge in [0.25, 0.3) is 0 Å². The second-order valence-electron chi connectivity index (χ2n) is 8.01. The first kappa shape index (κ1) is 22.0. The molecule has 0 aliphatic carbocycles. The Morgan fingerprint density at radius 3 is 2.66 bits per heavy atom. The number of anilines is 2. The summed E-state index contributed by atoms with van der Waals surface area (Å²) in [6.45, 7) is 5.10. The third kappa shape index (κ3) is 5.50. The highest BCUT2D eigenvalue weighted by Crippen LogP contribution is 2.34. The number of hydrogen-bond donors (Lipinski definition) is 1. The Balaban J connectivity index is 1.28. The van der Waals surface area contributed by atoms with E-state index < -0.39 is 0 Å². The standard InChI is InChI=1S/C24H26N4O3S/c1-16-11-17(2)13-19(12-16)28-15-18(14-22(28)30)23-26-27-24(32-23)25-21(29)9-6-10-31-20-7-4-3-5-8-20/h3-5,7-8,11-13,18H,6,9-10,14-15H2,1-2H3,(H,25,27,29). The maximum absolute atomic E-state index is 12.6. The van der Waals surface area contributed by atoms with Crippen molar-refractivity contribution in [2.24, 2.45) is 0 Å². The van der Waals surface area contributed by atoms with E-state index in [2.05, 4.69) is 21.6 Å². The van der Waals surface area contributed by atoms with Crippen LogP contribution in [0.1, 0.15) is 41.3 Å². The summed E-state index contributed by atoms with van der Waals surface area (Å²) >= 11 is 1.34. The number of nitrogens with zero attached hydrogens (tertiary/aromatic N) is 3. The normalized spacial score (nSPS) is 15.8. The van der Waals surface area contributed by atoms with Crippen LogP contribution in [0, 0.1) is 13.8 Å². The van der Waals surface area contributed by atoms with Crippen molar-refractivity contribution in [2.45, 2.75) is 39.0 Å². The van der Waals surface area contributed by atoms with Gasteiger partial charge < -0.3 is 15.0 Å². The molecule has 2 heterocycles. The molecule has 7 nitrogen and oxygen atoms in total. The molecule has 1 saturated heterocycles. The minimum atomic E-state index is -0.122. The molecule has 1 fully saturated rings. The smallest absolute Gasteiger partial charge is 0.227 e. The SMILES string of the molecule is Cc1cc(C)cc(N2CC(c3nnc(NC(=O)CCCOc4ccccc4)s3)CC2=O)c1. The Kier molecular flexibility index (Phi) is 6.80. The van der Waals surface area contributed by atoms with Crippen LogP contribution < -0.4 is 15.0 Å². The van der Waals surface area contributed by atoms with Gasteiger partial charge in [0, 0.05) is 31.0 Å². The molecule has 3 aromatic rings. The Bertz CT molecular complexity index is 1080. The third-order valence-electron chi connectivity index (χ3n) is 5.24. The van der Waals surface area contributed by atoms with Gasteiger partial charge in [-0.15, -0.1) is 10.2 Å². The van der Waals surface area contributed by atoms with Crippen LogP contribution in [0.2, 0.25) is 0 Å². The maximum Gasteiger partial charge on any atom is 0.227 e. The van der Waals surface area contributed by atoms with E-state index in [9.17, 15) is 9.59 Å². The van der Waals surface area contributed by atoms with Gasteiger partial charge in [0.2, 0.25) is 16.9 Å². The van der Waals surface area contributed by atoms with Gasteiger partial charge >= 0.3 is 0 Å². The van der Waals surface area contributed by atoms with Crippen molar-refractivity contribution in [3.8, 4) is 5.75 Å². The zero-order chi connectivity index (χ0) is 22.5. The summed E-state index contributed by atoms with van der Waals surface area (Å²) in [5, 5.41) is 12.4. The summed E-state index contributed by atoms with van der Waals surface area (Å²) in [5.41, 5.74) is 3.18. The highest BCUT2D eigenvalue weighted by molar-refractivity contribution is 7.15. The van der Waals surface area contributed by atoms with Crippen molar-refractivity contribution >= 4 is 34.0 Å². The number of benzene rings is 2. The van der Waals surface area contributed by atoms with Crippen molar-refractivity contribution in [3.05, 3.63) is 64.7 Å². The van der Waals surface area contributed by atoms with Crippen LogP contribution in [-0.2, 0) is 9.59 Å². The number of hydrogen-bond acceptors (Lipinski definition) is 6. The lowest BCUT2D eigenvalue weighted by molar-refractivity contribution is -0.117. The molecule has 1 atom stereocenters. The van der Waals surface area contributed by atoms with Crippen LogP contribution in [0.25, 0.3) is 0 Å².